The summed E-state index contributed by atoms with van der Waals surface area (Å²) in [6.45, 7) is 4.50. The third-order valence-corrected chi connectivity index (χ3v) is 4.31. The van der Waals surface area contributed by atoms with Crippen molar-refractivity contribution < 1.29 is 0 Å². The van der Waals surface area contributed by atoms with Crippen LogP contribution in [0.15, 0.2) is 0 Å². The minimum absolute atomic E-state index is 0.422. The first kappa shape index (κ1) is 11.9. The molecule has 2 saturated carbocycles. The molecule has 3 heteroatoms. The van der Waals surface area contributed by atoms with Gasteiger partial charge in [-0.05, 0) is 51.1 Å². The first-order valence-corrected chi connectivity index (χ1v) is 6.64. The molecule has 0 aliphatic heterocycles. The van der Waals surface area contributed by atoms with Crippen LogP contribution in [0.5, 0.6) is 0 Å². The Morgan fingerprint density at radius 2 is 2.19 bits per heavy atom. The van der Waals surface area contributed by atoms with Crippen LogP contribution < -0.4 is 5.73 Å². The van der Waals surface area contributed by atoms with Gasteiger partial charge in [0.2, 0.25) is 0 Å². The highest BCUT2D eigenvalue weighted by Gasteiger charge is 2.40. The van der Waals surface area contributed by atoms with Crippen molar-refractivity contribution in [2.75, 3.05) is 13.1 Å². The van der Waals surface area contributed by atoms with Crippen molar-refractivity contribution >= 4 is 0 Å². The van der Waals surface area contributed by atoms with Crippen LogP contribution in [-0.2, 0) is 0 Å². The molecule has 0 bridgehead atoms. The van der Waals surface area contributed by atoms with Crippen LogP contribution in [0.1, 0.15) is 45.4 Å². The average molecular weight is 221 g/mol. The standard InChI is InChI=1S/C13H23N3/c1-2-16(12-5-6-12)9-7-11-4-3-8-13(11,15)10-14/h11-12H,2-9,15H2,1H3. The monoisotopic (exact) mass is 221 g/mol. The van der Waals surface area contributed by atoms with Crippen LogP contribution >= 0.6 is 0 Å². The highest BCUT2D eigenvalue weighted by Crippen LogP contribution is 2.36. The van der Waals surface area contributed by atoms with Crippen molar-refractivity contribution in [2.45, 2.75) is 57.0 Å². The maximum absolute atomic E-state index is 9.15. The first-order valence-electron chi connectivity index (χ1n) is 6.64. The molecule has 2 aliphatic rings. The maximum Gasteiger partial charge on any atom is 0.107 e. The van der Waals surface area contributed by atoms with Crippen LogP contribution in [0, 0.1) is 17.2 Å². The van der Waals surface area contributed by atoms with E-state index in [0.29, 0.717) is 5.92 Å². The summed E-state index contributed by atoms with van der Waals surface area (Å²) < 4.78 is 0. The second-order valence-corrected chi connectivity index (χ2v) is 5.39. The minimum atomic E-state index is -0.525. The Morgan fingerprint density at radius 1 is 1.44 bits per heavy atom. The third-order valence-electron chi connectivity index (χ3n) is 4.31. The minimum Gasteiger partial charge on any atom is -0.313 e. The molecule has 0 amide bonds. The zero-order valence-electron chi connectivity index (χ0n) is 10.3. The van der Waals surface area contributed by atoms with Gasteiger partial charge in [-0.25, -0.2) is 0 Å². The Bertz CT molecular complexity index is 279. The molecule has 0 aromatic carbocycles. The lowest BCUT2D eigenvalue weighted by Gasteiger charge is -2.27. The zero-order chi connectivity index (χ0) is 11.6. The molecule has 0 aromatic heterocycles. The van der Waals surface area contributed by atoms with E-state index in [0.717, 1.165) is 44.8 Å². The number of nitrogens with two attached hydrogens (primary N) is 1. The maximum atomic E-state index is 9.15. The lowest BCUT2D eigenvalue weighted by Crippen LogP contribution is -2.43. The molecule has 16 heavy (non-hydrogen) atoms. The molecule has 2 unspecified atom stereocenters. The van der Waals surface area contributed by atoms with E-state index in [9.17, 15) is 0 Å². The average Bonchev–Trinajstić information content (AvgIpc) is 3.05. The molecule has 2 N–H and O–H groups in total. The van der Waals surface area contributed by atoms with Gasteiger partial charge in [-0.15, -0.1) is 0 Å². The van der Waals surface area contributed by atoms with Gasteiger partial charge >= 0.3 is 0 Å². The highest BCUT2D eigenvalue weighted by atomic mass is 15.2. The van der Waals surface area contributed by atoms with Gasteiger partial charge in [0.15, 0.2) is 0 Å². The quantitative estimate of drug-likeness (QED) is 0.771. The van der Waals surface area contributed by atoms with E-state index < -0.39 is 5.54 Å². The Balaban J connectivity index is 1.82. The van der Waals surface area contributed by atoms with Gasteiger partial charge in [-0.3, -0.25) is 0 Å². The van der Waals surface area contributed by atoms with Crippen LogP contribution in [-0.4, -0.2) is 29.6 Å². The van der Waals surface area contributed by atoms with Crippen molar-refractivity contribution in [1.29, 1.82) is 5.26 Å². The van der Waals surface area contributed by atoms with E-state index in [4.69, 9.17) is 11.0 Å². The molecular weight excluding hydrogens is 198 g/mol. The first-order chi connectivity index (χ1) is 7.69. The Labute approximate surface area is 98.6 Å². The molecule has 0 radical (unpaired) electrons. The second-order valence-electron chi connectivity index (χ2n) is 5.39. The van der Waals surface area contributed by atoms with Crippen LogP contribution in [0.2, 0.25) is 0 Å². The fraction of sp³-hybridized carbons (Fsp3) is 0.923. The highest BCUT2D eigenvalue weighted by molar-refractivity contribution is 5.12. The number of nitriles is 1. The molecule has 0 aromatic rings. The normalized spacial score (nSPS) is 34.2. The molecule has 2 rings (SSSR count). The predicted octanol–water partition coefficient (Wildman–Crippen LogP) is 1.88. The fourth-order valence-electron chi connectivity index (χ4n) is 3.01. The molecule has 2 aliphatic carbocycles. The van der Waals surface area contributed by atoms with E-state index in [-0.39, 0.29) is 0 Å². The molecule has 3 nitrogen and oxygen atoms in total. The van der Waals surface area contributed by atoms with Gasteiger partial charge in [0, 0.05) is 6.04 Å². The van der Waals surface area contributed by atoms with Crippen molar-refractivity contribution in [3.05, 3.63) is 0 Å². The number of hydrogen-bond donors (Lipinski definition) is 1. The van der Waals surface area contributed by atoms with Crippen molar-refractivity contribution in [1.82, 2.24) is 4.90 Å². The van der Waals surface area contributed by atoms with Gasteiger partial charge in [0.25, 0.3) is 0 Å². The summed E-state index contributed by atoms with van der Waals surface area (Å²) in [6, 6.07) is 3.17. The van der Waals surface area contributed by atoms with Crippen LogP contribution in [0.4, 0.5) is 0 Å². The zero-order valence-corrected chi connectivity index (χ0v) is 10.3. The molecular formula is C13H23N3. The van der Waals surface area contributed by atoms with E-state index in [2.05, 4.69) is 17.9 Å². The number of nitrogens with zero attached hydrogens (tertiary/aromatic N) is 2. The van der Waals surface area contributed by atoms with Crippen LogP contribution in [0.25, 0.3) is 0 Å². The summed E-state index contributed by atoms with van der Waals surface area (Å²) in [6.07, 6.45) is 7.00. The van der Waals surface area contributed by atoms with Crippen molar-refractivity contribution in [2.24, 2.45) is 11.7 Å². The Morgan fingerprint density at radius 3 is 2.75 bits per heavy atom. The SMILES string of the molecule is CCN(CCC1CCCC1(N)C#N)C1CC1. The van der Waals surface area contributed by atoms with Gasteiger partial charge in [0.05, 0.1) is 6.07 Å². The van der Waals surface area contributed by atoms with Gasteiger partial charge in [-0.2, -0.15) is 5.26 Å². The van der Waals surface area contributed by atoms with Crippen molar-refractivity contribution in [3.8, 4) is 6.07 Å². The Hall–Kier alpha value is -0.590. The smallest absolute Gasteiger partial charge is 0.107 e. The fourth-order valence-corrected chi connectivity index (χ4v) is 3.01. The third kappa shape index (κ3) is 2.39. The molecule has 0 spiro atoms. The number of hydrogen-bond acceptors (Lipinski definition) is 3. The predicted molar refractivity (Wildman–Crippen MR) is 64.8 cm³/mol. The van der Waals surface area contributed by atoms with E-state index in [1.54, 1.807) is 0 Å². The molecule has 90 valence electrons. The molecule has 0 saturated heterocycles. The van der Waals surface area contributed by atoms with E-state index >= 15 is 0 Å². The lowest BCUT2D eigenvalue weighted by atomic mass is 9.87. The van der Waals surface area contributed by atoms with Crippen LogP contribution in [0.3, 0.4) is 0 Å². The lowest BCUT2D eigenvalue weighted by molar-refractivity contribution is 0.238. The summed E-state index contributed by atoms with van der Waals surface area (Å²) in [5, 5.41) is 9.15. The molecule has 2 fully saturated rings. The number of rotatable bonds is 5. The van der Waals surface area contributed by atoms with Gasteiger partial charge < -0.3 is 10.6 Å². The van der Waals surface area contributed by atoms with Gasteiger partial charge in [-0.1, -0.05) is 13.3 Å². The molecule has 2 atom stereocenters. The summed E-state index contributed by atoms with van der Waals surface area (Å²) >= 11 is 0. The summed E-state index contributed by atoms with van der Waals surface area (Å²) in [7, 11) is 0. The summed E-state index contributed by atoms with van der Waals surface area (Å²) in [4.78, 5) is 2.55. The van der Waals surface area contributed by atoms with E-state index in [1.165, 1.54) is 12.8 Å². The summed E-state index contributed by atoms with van der Waals surface area (Å²) in [5.41, 5.74) is 5.62. The molecule has 0 heterocycles. The van der Waals surface area contributed by atoms with Crippen molar-refractivity contribution in [3.63, 3.8) is 0 Å². The Kier molecular flexibility index (Phi) is 3.51. The second kappa shape index (κ2) is 4.73. The van der Waals surface area contributed by atoms with E-state index in [1.807, 2.05) is 0 Å². The topological polar surface area (TPSA) is 53.0 Å². The van der Waals surface area contributed by atoms with Gasteiger partial charge in [0.1, 0.15) is 5.54 Å². The summed E-state index contributed by atoms with van der Waals surface area (Å²) in [5.74, 6) is 0.422. The largest absolute Gasteiger partial charge is 0.313 e.